The van der Waals surface area contributed by atoms with E-state index >= 15 is 0 Å². The number of aliphatic imine (C=N–C) groups is 1. The maximum Gasteiger partial charge on any atom is 0.191 e. The molecule has 18 heavy (non-hydrogen) atoms. The number of rotatable bonds is 4. The standard InChI is InChI=1S/C13H24N4O/c1-14-12(16-11-10-13(11)2-3-13)15-4-5-17-6-8-18-9-7-17/h11H,2-10H2,1H3,(H2,14,15,16). The summed E-state index contributed by atoms with van der Waals surface area (Å²) in [6, 6.07) is 0.687. The number of hydrogen-bond acceptors (Lipinski definition) is 3. The van der Waals surface area contributed by atoms with Gasteiger partial charge in [-0.15, -0.1) is 0 Å². The van der Waals surface area contributed by atoms with Crippen molar-refractivity contribution >= 4 is 5.96 Å². The Morgan fingerprint density at radius 3 is 2.78 bits per heavy atom. The van der Waals surface area contributed by atoms with E-state index in [1.54, 1.807) is 0 Å². The highest BCUT2D eigenvalue weighted by atomic mass is 16.5. The van der Waals surface area contributed by atoms with Gasteiger partial charge < -0.3 is 15.4 Å². The number of morpholine rings is 1. The molecule has 2 saturated carbocycles. The number of nitrogens with zero attached hydrogens (tertiary/aromatic N) is 2. The van der Waals surface area contributed by atoms with Crippen LogP contribution in [0, 0.1) is 5.41 Å². The van der Waals surface area contributed by atoms with Crippen molar-refractivity contribution in [3.63, 3.8) is 0 Å². The smallest absolute Gasteiger partial charge is 0.191 e. The molecule has 3 rings (SSSR count). The summed E-state index contributed by atoms with van der Waals surface area (Å²) in [6.45, 7) is 5.88. The first kappa shape index (κ1) is 12.2. The summed E-state index contributed by atoms with van der Waals surface area (Å²) < 4.78 is 5.34. The van der Waals surface area contributed by atoms with E-state index in [9.17, 15) is 0 Å². The van der Waals surface area contributed by atoms with Gasteiger partial charge in [-0.05, 0) is 24.7 Å². The molecule has 1 saturated heterocycles. The van der Waals surface area contributed by atoms with E-state index in [-0.39, 0.29) is 0 Å². The molecular formula is C13H24N4O. The third-order valence-electron chi connectivity index (χ3n) is 4.44. The van der Waals surface area contributed by atoms with Crippen molar-refractivity contribution in [2.24, 2.45) is 10.4 Å². The Morgan fingerprint density at radius 2 is 2.17 bits per heavy atom. The van der Waals surface area contributed by atoms with E-state index in [0.29, 0.717) is 11.5 Å². The van der Waals surface area contributed by atoms with Crippen molar-refractivity contribution < 1.29 is 4.74 Å². The average molecular weight is 252 g/mol. The fourth-order valence-electron chi connectivity index (χ4n) is 2.78. The number of hydrogen-bond donors (Lipinski definition) is 2. The van der Waals surface area contributed by atoms with Crippen LogP contribution in [0.1, 0.15) is 19.3 Å². The first-order valence-corrected chi connectivity index (χ1v) is 7.10. The van der Waals surface area contributed by atoms with Gasteiger partial charge in [-0.25, -0.2) is 0 Å². The van der Waals surface area contributed by atoms with Gasteiger partial charge in [0.2, 0.25) is 0 Å². The minimum atomic E-state index is 0.682. The maximum atomic E-state index is 5.34. The summed E-state index contributed by atoms with van der Waals surface area (Å²) in [5, 5.41) is 6.94. The third-order valence-corrected chi connectivity index (χ3v) is 4.44. The zero-order chi connectivity index (χ0) is 12.4. The van der Waals surface area contributed by atoms with E-state index in [1.807, 2.05) is 7.05 Å². The van der Waals surface area contributed by atoms with Crippen molar-refractivity contribution in [2.75, 3.05) is 46.4 Å². The summed E-state index contributed by atoms with van der Waals surface area (Å²) in [5.74, 6) is 0.969. The highest BCUT2D eigenvalue weighted by molar-refractivity contribution is 5.80. The van der Waals surface area contributed by atoms with Crippen LogP contribution in [0.2, 0.25) is 0 Å². The lowest BCUT2D eigenvalue weighted by atomic mass is 10.4. The number of nitrogens with one attached hydrogen (secondary N) is 2. The van der Waals surface area contributed by atoms with Gasteiger partial charge >= 0.3 is 0 Å². The molecule has 5 nitrogen and oxygen atoms in total. The number of guanidine groups is 1. The second-order valence-electron chi connectivity index (χ2n) is 5.72. The van der Waals surface area contributed by atoms with Crippen molar-refractivity contribution in [2.45, 2.75) is 25.3 Å². The largest absolute Gasteiger partial charge is 0.379 e. The molecule has 1 unspecified atom stereocenters. The molecule has 1 atom stereocenters. The van der Waals surface area contributed by atoms with Crippen molar-refractivity contribution in [3.8, 4) is 0 Å². The molecule has 0 amide bonds. The molecule has 1 aliphatic heterocycles. The highest BCUT2D eigenvalue weighted by Gasteiger charge is 2.63. The minimum absolute atomic E-state index is 0.682. The van der Waals surface area contributed by atoms with Crippen LogP contribution in [0.25, 0.3) is 0 Å². The van der Waals surface area contributed by atoms with Gasteiger partial charge in [-0.3, -0.25) is 9.89 Å². The molecule has 0 aromatic heterocycles. The molecule has 3 fully saturated rings. The zero-order valence-corrected chi connectivity index (χ0v) is 11.2. The predicted molar refractivity (Wildman–Crippen MR) is 71.8 cm³/mol. The van der Waals surface area contributed by atoms with Gasteiger partial charge in [0, 0.05) is 39.3 Å². The average Bonchev–Trinajstić information content (AvgIpc) is 3.31. The van der Waals surface area contributed by atoms with E-state index in [0.717, 1.165) is 45.4 Å². The molecule has 1 spiro atoms. The number of ether oxygens (including phenoxy) is 1. The van der Waals surface area contributed by atoms with Gasteiger partial charge in [-0.1, -0.05) is 0 Å². The van der Waals surface area contributed by atoms with Crippen LogP contribution in [-0.2, 0) is 4.74 Å². The molecule has 0 aromatic carbocycles. The van der Waals surface area contributed by atoms with E-state index < -0.39 is 0 Å². The molecular weight excluding hydrogens is 228 g/mol. The molecule has 0 aromatic rings. The van der Waals surface area contributed by atoms with Crippen molar-refractivity contribution in [1.82, 2.24) is 15.5 Å². The normalized spacial score (nSPS) is 30.3. The maximum absolute atomic E-state index is 5.34. The van der Waals surface area contributed by atoms with Gasteiger partial charge in [-0.2, -0.15) is 0 Å². The van der Waals surface area contributed by atoms with Crippen LogP contribution >= 0.6 is 0 Å². The summed E-state index contributed by atoms with van der Waals surface area (Å²) >= 11 is 0. The van der Waals surface area contributed by atoms with Crippen LogP contribution in [-0.4, -0.2) is 63.3 Å². The molecule has 1 heterocycles. The quantitative estimate of drug-likeness (QED) is 0.548. The summed E-state index contributed by atoms with van der Waals surface area (Å²) in [7, 11) is 1.85. The Morgan fingerprint density at radius 1 is 1.39 bits per heavy atom. The Labute approximate surface area is 109 Å². The molecule has 0 bridgehead atoms. The Balaban J connectivity index is 1.33. The SMILES string of the molecule is CN=C(NCCN1CCOCC1)NC1CC12CC2. The summed E-state index contributed by atoms with van der Waals surface area (Å²) in [5.41, 5.74) is 0.682. The van der Waals surface area contributed by atoms with Crippen LogP contribution in [0.3, 0.4) is 0 Å². The van der Waals surface area contributed by atoms with Crippen LogP contribution in [0.5, 0.6) is 0 Å². The molecule has 5 heteroatoms. The van der Waals surface area contributed by atoms with Crippen LogP contribution in [0.15, 0.2) is 4.99 Å². The van der Waals surface area contributed by atoms with E-state index in [1.165, 1.54) is 19.3 Å². The molecule has 2 N–H and O–H groups in total. The van der Waals surface area contributed by atoms with Crippen LogP contribution in [0.4, 0.5) is 0 Å². The lowest BCUT2D eigenvalue weighted by Gasteiger charge is -2.26. The summed E-state index contributed by atoms with van der Waals surface area (Å²) in [4.78, 5) is 6.73. The fraction of sp³-hybridized carbons (Fsp3) is 0.923. The lowest BCUT2D eigenvalue weighted by molar-refractivity contribution is 0.0389. The van der Waals surface area contributed by atoms with E-state index in [4.69, 9.17) is 4.74 Å². The second kappa shape index (κ2) is 5.05. The van der Waals surface area contributed by atoms with Gasteiger partial charge in [0.1, 0.15) is 0 Å². The lowest BCUT2D eigenvalue weighted by Crippen LogP contribution is -2.45. The predicted octanol–water partition coefficient (Wildman–Crippen LogP) is 0.0361. The molecule has 3 aliphatic rings. The first-order chi connectivity index (χ1) is 8.82. The zero-order valence-electron chi connectivity index (χ0n) is 11.2. The van der Waals surface area contributed by atoms with Gasteiger partial charge in [0.15, 0.2) is 5.96 Å². The van der Waals surface area contributed by atoms with Crippen molar-refractivity contribution in [3.05, 3.63) is 0 Å². The first-order valence-electron chi connectivity index (χ1n) is 7.10. The minimum Gasteiger partial charge on any atom is -0.379 e. The Bertz CT molecular complexity index is 321. The topological polar surface area (TPSA) is 48.9 Å². The van der Waals surface area contributed by atoms with E-state index in [2.05, 4.69) is 20.5 Å². The Hall–Kier alpha value is -0.810. The summed E-state index contributed by atoms with van der Waals surface area (Å²) in [6.07, 6.45) is 4.17. The highest BCUT2D eigenvalue weighted by Crippen LogP contribution is 2.65. The van der Waals surface area contributed by atoms with Gasteiger partial charge in [0.25, 0.3) is 0 Å². The molecule has 102 valence electrons. The molecule has 0 radical (unpaired) electrons. The van der Waals surface area contributed by atoms with Crippen LogP contribution < -0.4 is 10.6 Å². The fourth-order valence-corrected chi connectivity index (χ4v) is 2.78. The second-order valence-corrected chi connectivity index (χ2v) is 5.72. The molecule has 2 aliphatic carbocycles. The third kappa shape index (κ3) is 2.78. The van der Waals surface area contributed by atoms with Gasteiger partial charge in [0.05, 0.1) is 13.2 Å². The Kier molecular flexibility index (Phi) is 3.43. The monoisotopic (exact) mass is 252 g/mol. The van der Waals surface area contributed by atoms with Crippen molar-refractivity contribution in [1.29, 1.82) is 0 Å².